The van der Waals surface area contributed by atoms with Crippen molar-refractivity contribution in [3.05, 3.63) is 11.6 Å². The molecular weight excluding hydrogens is 152 g/mol. The average Bonchev–Trinajstić information content (AvgIpc) is 2.03. The maximum Gasteiger partial charge on any atom is 0.0181 e. The van der Waals surface area contributed by atoms with E-state index >= 15 is 0 Å². The minimum atomic E-state index is 1.16. The molecule has 0 aromatic carbocycles. The van der Waals surface area contributed by atoms with Crippen molar-refractivity contribution in [1.82, 2.24) is 0 Å². The average molecular weight is 168 g/mol. The molecule has 1 aliphatic carbocycles. The molecule has 0 nitrogen and oxygen atoms in total. The molecule has 0 spiro atoms. The zero-order valence-electron chi connectivity index (χ0n) is 7.23. The largest absolute Gasteiger partial charge is 0.0846 e. The maximum absolute atomic E-state index is 5.27. The van der Waals surface area contributed by atoms with Crippen LogP contribution in [0.5, 0.6) is 0 Å². The molecule has 1 fully saturated rings. The van der Waals surface area contributed by atoms with Crippen molar-refractivity contribution in [3.8, 4) is 0 Å². The maximum atomic E-state index is 5.27. The second-order valence-electron chi connectivity index (χ2n) is 3.15. The first-order chi connectivity index (χ1) is 5.34. The molecule has 1 aliphatic rings. The van der Waals surface area contributed by atoms with Crippen molar-refractivity contribution in [2.24, 2.45) is 0 Å². The molecule has 0 radical (unpaired) electrons. The Kier molecular flexibility index (Phi) is 3.78. The van der Waals surface area contributed by atoms with Crippen molar-refractivity contribution in [2.75, 3.05) is 0 Å². The normalized spacial score (nSPS) is 22.6. The van der Waals surface area contributed by atoms with E-state index in [1.165, 1.54) is 42.5 Å². The molecule has 0 bridgehead atoms. The Labute approximate surface area is 74.7 Å². The van der Waals surface area contributed by atoms with E-state index in [4.69, 9.17) is 12.2 Å². The lowest BCUT2D eigenvalue weighted by Gasteiger charge is -2.14. The zero-order valence-corrected chi connectivity index (χ0v) is 8.04. The number of hydrogen-bond acceptors (Lipinski definition) is 1. The van der Waals surface area contributed by atoms with E-state index < -0.39 is 0 Å². The van der Waals surface area contributed by atoms with Gasteiger partial charge >= 0.3 is 0 Å². The van der Waals surface area contributed by atoms with Gasteiger partial charge in [-0.1, -0.05) is 31.6 Å². The van der Waals surface area contributed by atoms with Gasteiger partial charge in [-0.25, -0.2) is 0 Å². The van der Waals surface area contributed by atoms with Gasteiger partial charge in [0.05, 0.1) is 0 Å². The molecule has 0 aromatic rings. The fourth-order valence-electron chi connectivity index (χ4n) is 1.44. The van der Waals surface area contributed by atoms with Crippen LogP contribution in [0, 0.1) is 0 Å². The van der Waals surface area contributed by atoms with E-state index in [1.807, 2.05) is 0 Å². The minimum absolute atomic E-state index is 1.16. The molecular formula is C10H16S. The molecule has 0 unspecified atom stereocenters. The van der Waals surface area contributed by atoms with Gasteiger partial charge in [0.15, 0.2) is 0 Å². The van der Waals surface area contributed by atoms with Crippen LogP contribution in [0.15, 0.2) is 11.6 Å². The Morgan fingerprint density at radius 2 is 2.09 bits per heavy atom. The topological polar surface area (TPSA) is 0 Å². The number of unbranched alkanes of at least 4 members (excludes halogenated alkanes) is 1. The Balaban J connectivity index is 2.47. The third-order valence-corrected chi connectivity index (χ3v) is 2.60. The van der Waals surface area contributed by atoms with Crippen LogP contribution in [-0.2, 0) is 0 Å². The second kappa shape index (κ2) is 4.66. The lowest BCUT2D eigenvalue weighted by atomic mass is 9.94. The molecule has 0 amide bonds. The number of hydrogen-bond donors (Lipinski definition) is 0. The molecule has 11 heavy (non-hydrogen) atoms. The van der Waals surface area contributed by atoms with Crippen LogP contribution in [0.25, 0.3) is 0 Å². The number of thiocarbonyl (C=S) groups is 1. The molecule has 1 saturated carbocycles. The van der Waals surface area contributed by atoms with E-state index in [-0.39, 0.29) is 0 Å². The monoisotopic (exact) mass is 168 g/mol. The highest BCUT2D eigenvalue weighted by atomic mass is 32.1. The summed E-state index contributed by atoms with van der Waals surface area (Å²) in [5.41, 5.74) is 1.47. The summed E-state index contributed by atoms with van der Waals surface area (Å²) in [5, 5.41) is 0. The molecule has 0 heterocycles. The lowest BCUT2D eigenvalue weighted by Crippen LogP contribution is -2.05. The highest BCUT2D eigenvalue weighted by molar-refractivity contribution is 7.80. The van der Waals surface area contributed by atoms with Gasteiger partial charge in [0.25, 0.3) is 0 Å². The Hall–Kier alpha value is -0.170. The third-order valence-electron chi connectivity index (χ3n) is 2.14. The van der Waals surface area contributed by atoms with E-state index in [0.717, 1.165) is 6.42 Å². The highest BCUT2D eigenvalue weighted by Gasteiger charge is 2.09. The van der Waals surface area contributed by atoms with Crippen LogP contribution in [0.2, 0.25) is 0 Å². The van der Waals surface area contributed by atoms with Gasteiger partial charge in [-0.05, 0) is 37.7 Å². The molecule has 0 saturated heterocycles. The van der Waals surface area contributed by atoms with E-state index in [0.29, 0.717) is 0 Å². The predicted molar refractivity (Wildman–Crippen MR) is 54.1 cm³/mol. The van der Waals surface area contributed by atoms with Crippen LogP contribution >= 0.6 is 12.2 Å². The van der Waals surface area contributed by atoms with Gasteiger partial charge in [0.1, 0.15) is 0 Å². The van der Waals surface area contributed by atoms with E-state index in [2.05, 4.69) is 13.0 Å². The lowest BCUT2D eigenvalue weighted by molar-refractivity contribution is 0.735. The minimum Gasteiger partial charge on any atom is -0.0846 e. The summed E-state index contributed by atoms with van der Waals surface area (Å²) >= 11 is 5.27. The van der Waals surface area contributed by atoms with Gasteiger partial charge in [0.2, 0.25) is 0 Å². The molecule has 62 valence electrons. The van der Waals surface area contributed by atoms with E-state index in [1.54, 1.807) is 0 Å². The van der Waals surface area contributed by atoms with Crippen LogP contribution in [0.3, 0.4) is 0 Å². The first kappa shape index (κ1) is 8.92. The summed E-state index contributed by atoms with van der Waals surface area (Å²) in [5.74, 6) is 0. The van der Waals surface area contributed by atoms with Crippen molar-refractivity contribution in [3.63, 3.8) is 0 Å². The fraction of sp³-hybridized carbons (Fsp3) is 0.700. The first-order valence-electron chi connectivity index (χ1n) is 4.57. The van der Waals surface area contributed by atoms with Gasteiger partial charge in [-0.15, -0.1) is 0 Å². The number of rotatable bonds is 2. The molecule has 0 aliphatic heterocycles. The van der Waals surface area contributed by atoms with Crippen molar-refractivity contribution in [2.45, 2.75) is 45.4 Å². The fourth-order valence-corrected chi connectivity index (χ4v) is 1.77. The summed E-state index contributed by atoms with van der Waals surface area (Å²) in [6, 6.07) is 0. The molecule has 0 N–H and O–H groups in total. The van der Waals surface area contributed by atoms with Crippen LogP contribution in [0.1, 0.15) is 45.4 Å². The van der Waals surface area contributed by atoms with Gasteiger partial charge in [-0.2, -0.15) is 0 Å². The van der Waals surface area contributed by atoms with Crippen LogP contribution in [-0.4, -0.2) is 4.86 Å². The highest BCUT2D eigenvalue weighted by Crippen LogP contribution is 2.21. The second-order valence-corrected chi connectivity index (χ2v) is 3.64. The van der Waals surface area contributed by atoms with Gasteiger partial charge in [0, 0.05) is 4.86 Å². The summed E-state index contributed by atoms with van der Waals surface area (Å²) < 4.78 is 0. The van der Waals surface area contributed by atoms with Gasteiger partial charge < -0.3 is 0 Å². The predicted octanol–water partition coefficient (Wildman–Crippen LogP) is 3.66. The summed E-state index contributed by atoms with van der Waals surface area (Å²) in [7, 11) is 0. The summed E-state index contributed by atoms with van der Waals surface area (Å²) in [4.78, 5) is 1.23. The Morgan fingerprint density at radius 3 is 2.73 bits per heavy atom. The number of allylic oxidation sites excluding steroid dienone is 2. The molecule has 1 heteroatoms. The summed E-state index contributed by atoms with van der Waals surface area (Å²) in [6.07, 6.45) is 9.82. The van der Waals surface area contributed by atoms with Crippen LogP contribution < -0.4 is 0 Å². The van der Waals surface area contributed by atoms with Gasteiger partial charge in [-0.3, -0.25) is 0 Å². The smallest absolute Gasteiger partial charge is 0.0181 e. The SMILES string of the molecule is CCCC=C1CCCCC1=S. The first-order valence-corrected chi connectivity index (χ1v) is 4.97. The Bertz CT molecular complexity index is 168. The van der Waals surface area contributed by atoms with Crippen molar-refractivity contribution in [1.29, 1.82) is 0 Å². The van der Waals surface area contributed by atoms with Crippen molar-refractivity contribution < 1.29 is 0 Å². The quantitative estimate of drug-likeness (QED) is 0.448. The van der Waals surface area contributed by atoms with Crippen LogP contribution in [0.4, 0.5) is 0 Å². The summed E-state index contributed by atoms with van der Waals surface area (Å²) in [6.45, 7) is 2.21. The van der Waals surface area contributed by atoms with Crippen molar-refractivity contribution >= 4 is 17.1 Å². The zero-order chi connectivity index (χ0) is 8.10. The third kappa shape index (κ3) is 2.74. The Morgan fingerprint density at radius 1 is 1.36 bits per heavy atom. The standard InChI is InChI=1S/C10H16S/c1-2-3-6-9-7-4-5-8-10(9)11/h6H,2-5,7-8H2,1H3. The molecule has 0 atom stereocenters. The molecule has 0 aromatic heterocycles. The molecule has 1 rings (SSSR count). The van der Waals surface area contributed by atoms with E-state index in [9.17, 15) is 0 Å².